The molecule has 0 saturated heterocycles. The van der Waals surface area contributed by atoms with Crippen LogP contribution in [0.1, 0.15) is 19.4 Å². The molecule has 0 unspecified atom stereocenters. The summed E-state index contributed by atoms with van der Waals surface area (Å²) in [7, 11) is 0. The highest BCUT2D eigenvalue weighted by Gasteiger charge is 2.15. The molecule has 0 aliphatic heterocycles. The van der Waals surface area contributed by atoms with Crippen LogP contribution in [0.15, 0.2) is 6.33 Å². The van der Waals surface area contributed by atoms with Crippen molar-refractivity contribution in [1.29, 1.82) is 0 Å². The standard InChI is InChI=1S/C10H16ClN3O2/c1-3-15-8(16-4-2)5-7-9(11)13-6-14-10(7)12/h6,8H,3-5H2,1-2H3,(H2,12,13,14). The van der Waals surface area contributed by atoms with Crippen molar-refractivity contribution in [2.24, 2.45) is 0 Å². The summed E-state index contributed by atoms with van der Waals surface area (Å²) in [6.45, 7) is 4.93. The van der Waals surface area contributed by atoms with E-state index in [0.717, 1.165) is 0 Å². The minimum Gasteiger partial charge on any atom is -0.383 e. The lowest BCUT2D eigenvalue weighted by atomic mass is 10.2. The van der Waals surface area contributed by atoms with Crippen molar-refractivity contribution in [2.45, 2.75) is 26.6 Å². The van der Waals surface area contributed by atoms with Crippen molar-refractivity contribution in [3.63, 3.8) is 0 Å². The van der Waals surface area contributed by atoms with E-state index in [1.807, 2.05) is 13.8 Å². The molecule has 1 aromatic rings. The van der Waals surface area contributed by atoms with E-state index in [-0.39, 0.29) is 6.29 Å². The largest absolute Gasteiger partial charge is 0.383 e. The van der Waals surface area contributed by atoms with E-state index in [2.05, 4.69) is 9.97 Å². The van der Waals surface area contributed by atoms with E-state index in [1.54, 1.807) is 0 Å². The van der Waals surface area contributed by atoms with Crippen LogP contribution >= 0.6 is 11.6 Å². The van der Waals surface area contributed by atoms with Crippen molar-refractivity contribution >= 4 is 17.4 Å². The van der Waals surface area contributed by atoms with Crippen LogP contribution in [-0.4, -0.2) is 29.5 Å². The molecule has 16 heavy (non-hydrogen) atoms. The van der Waals surface area contributed by atoms with Crippen LogP contribution in [0.25, 0.3) is 0 Å². The Bertz CT molecular complexity index is 310. The van der Waals surface area contributed by atoms with Gasteiger partial charge < -0.3 is 15.2 Å². The number of aromatic nitrogens is 2. The highest BCUT2D eigenvalue weighted by atomic mass is 35.5. The summed E-state index contributed by atoms with van der Waals surface area (Å²) in [5.41, 5.74) is 6.38. The first-order valence-corrected chi connectivity index (χ1v) is 5.54. The smallest absolute Gasteiger partial charge is 0.161 e. The molecule has 1 heterocycles. The van der Waals surface area contributed by atoms with Crippen LogP contribution in [-0.2, 0) is 15.9 Å². The van der Waals surface area contributed by atoms with E-state index >= 15 is 0 Å². The third kappa shape index (κ3) is 3.59. The topological polar surface area (TPSA) is 70.3 Å². The van der Waals surface area contributed by atoms with E-state index in [9.17, 15) is 0 Å². The van der Waals surface area contributed by atoms with Gasteiger partial charge in [-0.15, -0.1) is 0 Å². The first-order chi connectivity index (χ1) is 7.69. The fraction of sp³-hybridized carbons (Fsp3) is 0.600. The second-order valence-corrected chi connectivity index (χ2v) is 3.43. The van der Waals surface area contributed by atoms with Gasteiger partial charge in [0.2, 0.25) is 0 Å². The number of hydrogen-bond donors (Lipinski definition) is 1. The number of nitrogen functional groups attached to an aromatic ring is 1. The summed E-state index contributed by atoms with van der Waals surface area (Å²) in [6.07, 6.45) is 1.42. The lowest BCUT2D eigenvalue weighted by molar-refractivity contribution is -0.134. The number of nitrogens with two attached hydrogens (primary N) is 1. The minimum absolute atomic E-state index is 0.344. The molecule has 6 heteroatoms. The predicted octanol–water partition coefficient (Wildman–Crippen LogP) is 1.65. The van der Waals surface area contributed by atoms with Crippen LogP contribution < -0.4 is 5.73 Å². The highest BCUT2D eigenvalue weighted by Crippen LogP contribution is 2.20. The molecule has 0 amide bonds. The minimum atomic E-state index is -0.360. The molecule has 0 atom stereocenters. The van der Waals surface area contributed by atoms with Gasteiger partial charge in [-0.25, -0.2) is 9.97 Å². The molecule has 0 saturated carbocycles. The van der Waals surface area contributed by atoms with Gasteiger partial charge in [0.1, 0.15) is 17.3 Å². The molecule has 0 fully saturated rings. The van der Waals surface area contributed by atoms with Gasteiger partial charge in [-0.2, -0.15) is 0 Å². The van der Waals surface area contributed by atoms with Gasteiger partial charge in [0.25, 0.3) is 0 Å². The summed E-state index contributed by atoms with van der Waals surface area (Å²) >= 11 is 5.93. The second kappa shape index (κ2) is 6.62. The molecule has 1 rings (SSSR count). The van der Waals surface area contributed by atoms with E-state index < -0.39 is 0 Å². The third-order valence-corrected chi connectivity index (χ3v) is 2.33. The fourth-order valence-corrected chi connectivity index (χ4v) is 1.51. The Morgan fingerprint density at radius 1 is 1.31 bits per heavy atom. The van der Waals surface area contributed by atoms with Crippen molar-refractivity contribution in [2.75, 3.05) is 18.9 Å². The number of nitrogens with zero attached hydrogens (tertiary/aromatic N) is 2. The zero-order chi connectivity index (χ0) is 12.0. The van der Waals surface area contributed by atoms with Gasteiger partial charge in [-0.3, -0.25) is 0 Å². The molecule has 0 spiro atoms. The molecule has 2 N–H and O–H groups in total. The van der Waals surface area contributed by atoms with E-state index in [0.29, 0.717) is 36.2 Å². The Labute approximate surface area is 99.9 Å². The molecular weight excluding hydrogens is 230 g/mol. The number of hydrogen-bond acceptors (Lipinski definition) is 5. The zero-order valence-corrected chi connectivity index (χ0v) is 10.2. The molecular formula is C10H16ClN3O2. The zero-order valence-electron chi connectivity index (χ0n) is 9.44. The van der Waals surface area contributed by atoms with E-state index in [1.165, 1.54) is 6.33 Å². The highest BCUT2D eigenvalue weighted by molar-refractivity contribution is 6.30. The molecule has 0 bridgehead atoms. The quantitative estimate of drug-likeness (QED) is 0.610. The molecule has 0 aromatic carbocycles. The van der Waals surface area contributed by atoms with Crippen LogP contribution in [0.4, 0.5) is 5.82 Å². The third-order valence-electron chi connectivity index (χ3n) is 2.00. The maximum absolute atomic E-state index is 5.93. The number of ether oxygens (including phenoxy) is 2. The molecule has 90 valence electrons. The summed E-state index contributed by atoms with van der Waals surface area (Å²) in [5.74, 6) is 0.365. The van der Waals surface area contributed by atoms with Crippen LogP contribution in [0, 0.1) is 0 Å². The van der Waals surface area contributed by atoms with Crippen LogP contribution in [0.5, 0.6) is 0 Å². The molecule has 0 aliphatic rings. The van der Waals surface area contributed by atoms with Crippen molar-refractivity contribution in [3.05, 3.63) is 17.0 Å². The Hall–Kier alpha value is -0.910. The van der Waals surface area contributed by atoms with Crippen LogP contribution in [0.2, 0.25) is 5.15 Å². The van der Waals surface area contributed by atoms with Gasteiger partial charge in [0, 0.05) is 25.2 Å². The molecule has 0 aliphatic carbocycles. The Morgan fingerprint density at radius 2 is 1.94 bits per heavy atom. The normalized spacial score (nSPS) is 11.0. The summed E-state index contributed by atoms with van der Waals surface area (Å²) in [4.78, 5) is 7.76. The molecule has 5 nitrogen and oxygen atoms in total. The summed E-state index contributed by atoms with van der Waals surface area (Å²) in [6, 6.07) is 0. The van der Waals surface area contributed by atoms with Gasteiger partial charge in [-0.1, -0.05) is 11.6 Å². The average Bonchev–Trinajstić information content (AvgIpc) is 2.24. The first-order valence-electron chi connectivity index (χ1n) is 5.17. The maximum Gasteiger partial charge on any atom is 0.161 e. The molecule has 0 radical (unpaired) electrons. The Morgan fingerprint density at radius 3 is 2.44 bits per heavy atom. The first kappa shape index (κ1) is 13.2. The SMILES string of the molecule is CCOC(Cc1c(N)ncnc1Cl)OCC. The summed E-state index contributed by atoms with van der Waals surface area (Å²) in [5, 5.41) is 0.344. The van der Waals surface area contributed by atoms with Gasteiger partial charge in [-0.05, 0) is 13.8 Å². The van der Waals surface area contributed by atoms with Crippen molar-refractivity contribution in [1.82, 2.24) is 9.97 Å². The van der Waals surface area contributed by atoms with Gasteiger partial charge in [0.15, 0.2) is 6.29 Å². The molecule has 1 aromatic heterocycles. The lowest BCUT2D eigenvalue weighted by Crippen LogP contribution is -2.21. The average molecular weight is 246 g/mol. The second-order valence-electron chi connectivity index (χ2n) is 3.07. The van der Waals surface area contributed by atoms with E-state index in [4.69, 9.17) is 26.8 Å². The van der Waals surface area contributed by atoms with Crippen LogP contribution in [0.3, 0.4) is 0 Å². The Kier molecular flexibility index (Phi) is 5.45. The fourth-order valence-electron chi connectivity index (χ4n) is 1.30. The Balaban J connectivity index is 2.76. The van der Waals surface area contributed by atoms with Crippen molar-refractivity contribution in [3.8, 4) is 0 Å². The number of anilines is 1. The summed E-state index contributed by atoms with van der Waals surface area (Å²) < 4.78 is 10.8. The monoisotopic (exact) mass is 245 g/mol. The lowest BCUT2D eigenvalue weighted by Gasteiger charge is -2.17. The number of halogens is 1. The number of rotatable bonds is 6. The van der Waals surface area contributed by atoms with Gasteiger partial charge >= 0.3 is 0 Å². The van der Waals surface area contributed by atoms with Gasteiger partial charge in [0.05, 0.1) is 0 Å². The predicted molar refractivity (Wildman–Crippen MR) is 62.2 cm³/mol. The van der Waals surface area contributed by atoms with Crippen molar-refractivity contribution < 1.29 is 9.47 Å². The maximum atomic E-state index is 5.93.